The third kappa shape index (κ3) is 3.49. The molecule has 28 heavy (non-hydrogen) atoms. The third-order valence-electron chi connectivity index (χ3n) is 4.84. The van der Waals surface area contributed by atoms with E-state index in [1.54, 1.807) is 6.20 Å². The Morgan fingerprint density at radius 1 is 1.32 bits per heavy atom. The summed E-state index contributed by atoms with van der Waals surface area (Å²) in [6.07, 6.45) is 3.80. The Morgan fingerprint density at radius 3 is 2.75 bits per heavy atom. The van der Waals surface area contributed by atoms with Gasteiger partial charge in [-0.2, -0.15) is 0 Å². The number of nitrogens with zero attached hydrogens (tertiary/aromatic N) is 3. The predicted octanol–water partition coefficient (Wildman–Crippen LogP) is 2.48. The smallest absolute Gasteiger partial charge is 0.344 e. The summed E-state index contributed by atoms with van der Waals surface area (Å²) in [5.41, 5.74) is 1.15. The second kappa shape index (κ2) is 7.09. The van der Waals surface area contributed by atoms with E-state index in [0.717, 1.165) is 18.2 Å². The molecule has 2 aromatic heterocycles. The van der Waals surface area contributed by atoms with Crippen LogP contribution in [-0.2, 0) is 0 Å². The molecule has 1 saturated carbocycles. The Bertz CT molecular complexity index is 1050. The third-order valence-corrected chi connectivity index (χ3v) is 4.84. The van der Waals surface area contributed by atoms with Crippen molar-refractivity contribution in [3.05, 3.63) is 30.0 Å². The average molecular weight is 379 g/mol. The highest BCUT2D eigenvalue weighted by Gasteiger charge is 2.24. The van der Waals surface area contributed by atoms with E-state index < -0.39 is 5.97 Å². The summed E-state index contributed by atoms with van der Waals surface area (Å²) in [6, 6.07) is 7.22. The number of rotatable bonds is 7. The Morgan fingerprint density at radius 2 is 2.11 bits per heavy atom. The summed E-state index contributed by atoms with van der Waals surface area (Å²) in [6.45, 7) is 3.99. The van der Waals surface area contributed by atoms with Crippen molar-refractivity contribution in [1.29, 1.82) is 0 Å². The van der Waals surface area contributed by atoms with Gasteiger partial charge in [-0.05, 0) is 24.8 Å². The highest BCUT2D eigenvalue weighted by Crippen LogP contribution is 2.31. The van der Waals surface area contributed by atoms with Gasteiger partial charge in [0.1, 0.15) is 11.1 Å². The molecule has 0 spiro atoms. The van der Waals surface area contributed by atoms with E-state index in [4.69, 9.17) is 0 Å². The van der Waals surface area contributed by atoms with E-state index in [2.05, 4.69) is 37.7 Å². The van der Waals surface area contributed by atoms with Crippen LogP contribution in [0.3, 0.4) is 0 Å². The molecule has 0 amide bonds. The number of nitrogens with one attached hydrogen (secondary N) is 2. The fraction of sp³-hybridized carbons (Fsp3) is 0.400. The molecule has 0 aliphatic heterocycles. The van der Waals surface area contributed by atoms with Gasteiger partial charge in [0.2, 0.25) is 5.95 Å². The first-order valence-corrected chi connectivity index (χ1v) is 9.28. The molecule has 8 heteroatoms. The molecule has 1 aromatic carbocycles. The lowest BCUT2D eigenvalue weighted by Gasteiger charge is -2.20. The molecule has 4 rings (SSSR count). The Hall–Kier alpha value is -3.18. The molecule has 8 nitrogen and oxygen atoms in total. The first kappa shape index (κ1) is 18.2. The number of carboxylic acids is 1. The number of anilines is 2. The molecule has 1 aliphatic carbocycles. The van der Waals surface area contributed by atoms with Crippen LogP contribution in [0.4, 0.5) is 11.8 Å². The van der Waals surface area contributed by atoms with E-state index in [1.807, 2.05) is 13.8 Å². The number of aromatic nitrogens is 3. The van der Waals surface area contributed by atoms with Gasteiger partial charge < -0.3 is 20.8 Å². The summed E-state index contributed by atoms with van der Waals surface area (Å²) < 4.78 is 0. The van der Waals surface area contributed by atoms with E-state index >= 15 is 0 Å². The van der Waals surface area contributed by atoms with Gasteiger partial charge in [-0.1, -0.05) is 26.0 Å². The van der Waals surface area contributed by atoms with Crippen molar-refractivity contribution in [2.75, 3.05) is 17.2 Å². The quantitative estimate of drug-likeness (QED) is 0.494. The van der Waals surface area contributed by atoms with Gasteiger partial charge in [-0.25, -0.2) is 19.7 Å². The molecule has 3 aromatic rings. The molecule has 4 N–H and O–H groups in total. The van der Waals surface area contributed by atoms with Crippen LogP contribution in [-0.4, -0.2) is 49.8 Å². The molecule has 1 fully saturated rings. The average Bonchev–Trinajstić information content (AvgIpc) is 3.49. The normalized spacial score (nSPS) is 14.9. The zero-order chi connectivity index (χ0) is 19.8. The van der Waals surface area contributed by atoms with Gasteiger partial charge in [-0.15, -0.1) is 0 Å². The zero-order valence-corrected chi connectivity index (χ0v) is 15.7. The van der Waals surface area contributed by atoms with Gasteiger partial charge in [-0.3, -0.25) is 0 Å². The molecule has 1 atom stereocenters. The minimum absolute atomic E-state index is 0.0126. The second-order valence-electron chi connectivity index (χ2n) is 7.39. The number of fused-ring (bicyclic) bond motifs is 3. The molecule has 1 aliphatic rings. The van der Waals surface area contributed by atoms with Gasteiger partial charge in [0.25, 0.3) is 0 Å². The van der Waals surface area contributed by atoms with E-state index in [9.17, 15) is 15.0 Å². The van der Waals surface area contributed by atoms with Gasteiger partial charge >= 0.3 is 5.97 Å². The van der Waals surface area contributed by atoms with E-state index in [-0.39, 0.29) is 24.1 Å². The maximum absolute atomic E-state index is 11.3. The van der Waals surface area contributed by atoms with Crippen molar-refractivity contribution < 1.29 is 15.0 Å². The maximum Gasteiger partial charge on any atom is 0.344 e. The van der Waals surface area contributed by atoms with Gasteiger partial charge in [0, 0.05) is 17.6 Å². The zero-order valence-electron chi connectivity index (χ0n) is 15.7. The molecular formula is C20H21N5O3. The molecular weight excluding hydrogens is 358 g/mol. The highest BCUT2D eigenvalue weighted by molar-refractivity contribution is 6.08. The van der Waals surface area contributed by atoms with E-state index in [1.165, 1.54) is 6.07 Å². The lowest BCUT2D eigenvalue weighted by molar-refractivity contribution is 0.0697. The SMILES string of the molecule is CC(C)C(CO)Nc1ncc2c(n1)c(NC1CC1)nc1cc(C(=O)O)c#cc12. The number of carboxylic acid groups (broad SMARTS) is 1. The van der Waals surface area contributed by atoms with Crippen molar-refractivity contribution in [2.24, 2.45) is 5.92 Å². The minimum Gasteiger partial charge on any atom is -0.477 e. The van der Waals surface area contributed by atoms with Crippen LogP contribution in [0.25, 0.3) is 21.8 Å². The van der Waals surface area contributed by atoms with Crippen LogP contribution in [0, 0.1) is 18.1 Å². The Kier molecular flexibility index (Phi) is 4.61. The van der Waals surface area contributed by atoms with Gasteiger partial charge in [0.15, 0.2) is 5.82 Å². The minimum atomic E-state index is -1.07. The number of carbonyl (C=O) groups is 1. The first-order chi connectivity index (χ1) is 13.5. The second-order valence-corrected chi connectivity index (χ2v) is 7.39. The van der Waals surface area contributed by atoms with Crippen LogP contribution >= 0.6 is 0 Å². The fourth-order valence-corrected chi connectivity index (χ4v) is 2.95. The van der Waals surface area contributed by atoms with Crippen molar-refractivity contribution in [1.82, 2.24) is 15.0 Å². The van der Waals surface area contributed by atoms with Crippen LogP contribution < -0.4 is 10.6 Å². The number of pyridine rings is 1. The summed E-state index contributed by atoms with van der Waals surface area (Å²) in [4.78, 5) is 24.9. The number of hydrogen-bond donors (Lipinski definition) is 4. The summed E-state index contributed by atoms with van der Waals surface area (Å²) in [5.74, 6) is 0.139. The van der Waals surface area contributed by atoms with Crippen molar-refractivity contribution >= 4 is 39.5 Å². The van der Waals surface area contributed by atoms with Crippen LogP contribution in [0.15, 0.2) is 12.3 Å². The lowest BCUT2D eigenvalue weighted by Crippen LogP contribution is -2.30. The molecule has 0 saturated heterocycles. The molecule has 2 heterocycles. The standard InChI is InChI=1S/C20H21N5O3/c1-10(2)16(9-26)24-20-21-8-14-13-6-3-11(19(27)28)7-15(13)23-18(17(14)25-20)22-12-4-5-12/h7-8,10,12,16,26H,4-5,9H2,1-2H3,(H,22,23)(H,27,28)(H,21,24,25). The number of aliphatic hydroxyl groups is 1. The monoisotopic (exact) mass is 379 g/mol. The summed E-state index contributed by atoms with van der Waals surface area (Å²) >= 11 is 0. The van der Waals surface area contributed by atoms with Crippen molar-refractivity contribution in [3.8, 4) is 0 Å². The topological polar surface area (TPSA) is 120 Å². The number of aromatic carboxylic acids is 1. The largest absolute Gasteiger partial charge is 0.477 e. The number of hydrogen-bond acceptors (Lipinski definition) is 7. The van der Waals surface area contributed by atoms with Crippen LogP contribution in [0.5, 0.6) is 0 Å². The first-order valence-electron chi connectivity index (χ1n) is 9.28. The number of aliphatic hydroxyl groups excluding tert-OH is 1. The highest BCUT2D eigenvalue weighted by atomic mass is 16.4. The Labute approximate surface area is 162 Å². The van der Waals surface area contributed by atoms with Crippen LogP contribution in [0.1, 0.15) is 37.0 Å². The molecule has 1 unspecified atom stereocenters. The van der Waals surface area contributed by atoms with Crippen molar-refractivity contribution in [2.45, 2.75) is 38.8 Å². The van der Waals surface area contributed by atoms with Crippen molar-refractivity contribution in [3.63, 3.8) is 0 Å². The predicted molar refractivity (Wildman–Crippen MR) is 105 cm³/mol. The molecule has 0 bridgehead atoms. The van der Waals surface area contributed by atoms with E-state index in [0.29, 0.717) is 34.2 Å². The Balaban J connectivity index is 1.85. The lowest BCUT2D eigenvalue weighted by atomic mass is 10.1. The summed E-state index contributed by atoms with van der Waals surface area (Å²) in [5, 5.41) is 26.7. The van der Waals surface area contributed by atoms with Gasteiger partial charge in [0.05, 0.1) is 23.6 Å². The summed E-state index contributed by atoms with van der Waals surface area (Å²) in [7, 11) is 0. The molecule has 144 valence electrons. The maximum atomic E-state index is 11.3. The fourth-order valence-electron chi connectivity index (χ4n) is 2.95. The molecule has 0 radical (unpaired) electrons. The van der Waals surface area contributed by atoms with Crippen LogP contribution in [0.2, 0.25) is 0 Å².